The van der Waals surface area contributed by atoms with Crippen LogP contribution in [0.2, 0.25) is 0 Å². The molecule has 2 heterocycles. The van der Waals surface area contributed by atoms with Gasteiger partial charge in [-0.3, -0.25) is 9.69 Å². The van der Waals surface area contributed by atoms with E-state index in [1.165, 1.54) is 18.4 Å². The fourth-order valence-corrected chi connectivity index (χ4v) is 3.09. The lowest BCUT2D eigenvalue weighted by Gasteiger charge is -2.35. The molecule has 3 rings (SSSR count). The van der Waals surface area contributed by atoms with Crippen LogP contribution in [0.4, 0.5) is 0 Å². The Labute approximate surface area is 131 Å². The Bertz CT molecular complexity index is 580. The molecular weight excluding hydrogens is 274 g/mol. The number of carbonyl (C=O) groups excluding carboxylic acids is 1. The molecular formula is C18H23N3O. The molecule has 1 aromatic heterocycles. The van der Waals surface area contributed by atoms with E-state index < -0.39 is 0 Å². The van der Waals surface area contributed by atoms with E-state index >= 15 is 0 Å². The molecule has 1 saturated heterocycles. The lowest BCUT2D eigenvalue weighted by Crippen LogP contribution is -2.46. The van der Waals surface area contributed by atoms with Crippen molar-refractivity contribution in [3.05, 3.63) is 59.9 Å². The molecule has 4 nitrogen and oxygen atoms in total. The minimum atomic E-state index is -0.0183. The van der Waals surface area contributed by atoms with Gasteiger partial charge in [-0.05, 0) is 37.1 Å². The lowest BCUT2D eigenvalue weighted by molar-refractivity contribution is 0.0903. The van der Waals surface area contributed by atoms with Gasteiger partial charge in [-0.25, -0.2) is 0 Å². The normalized spacial score (nSPS) is 19.0. The Morgan fingerprint density at radius 2 is 2.05 bits per heavy atom. The van der Waals surface area contributed by atoms with E-state index in [-0.39, 0.29) is 5.91 Å². The van der Waals surface area contributed by atoms with Crippen LogP contribution in [0.15, 0.2) is 48.7 Å². The Morgan fingerprint density at radius 1 is 1.18 bits per heavy atom. The summed E-state index contributed by atoms with van der Waals surface area (Å²) in [5, 5.41) is 3.06. The molecule has 0 bridgehead atoms. The quantitative estimate of drug-likeness (QED) is 0.891. The number of H-pyrrole nitrogens is 1. The number of hydrogen-bond donors (Lipinski definition) is 2. The molecule has 2 aromatic rings. The molecule has 1 aromatic carbocycles. The minimum Gasteiger partial charge on any atom is -0.357 e. The highest BCUT2D eigenvalue weighted by Gasteiger charge is 2.23. The molecule has 0 unspecified atom stereocenters. The second-order valence-electron chi connectivity index (χ2n) is 5.90. The SMILES string of the molecule is O=C(NC[C@H]1CCCCN1Cc1ccccc1)c1ccc[nH]1. The number of nitrogens with zero attached hydrogens (tertiary/aromatic N) is 1. The summed E-state index contributed by atoms with van der Waals surface area (Å²) in [7, 11) is 0. The number of rotatable bonds is 5. The first-order valence-electron chi connectivity index (χ1n) is 8.02. The Kier molecular flexibility index (Phi) is 4.91. The van der Waals surface area contributed by atoms with Crippen LogP contribution < -0.4 is 5.32 Å². The van der Waals surface area contributed by atoms with Crippen LogP contribution in [0, 0.1) is 0 Å². The van der Waals surface area contributed by atoms with E-state index in [9.17, 15) is 4.79 Å². The Morgan fingerprint density at radius 3 is 2.82 bits per heavy atom. The minimum absolute atomic E-state index is 0.0183. The standard InChI is InChI=1S/C18H23N3O/c22-18(17-10-6-11-19-17)20-13-16-9-4-5-12-21(16)14-15-7-2-1-3-8-15/h1-3,6-8,10-11,16,19H,4-5,9,12-14H2,(H,20,22)/t16-/m1/s1. The number of hydrogen-bond acceptors (Lipinski definition) is 2. The van der Waals surface area contributed by atoms with Crippen LogP contribution >= 0.6 is 0 Å². The second kappa shape index (κ2) is 7.27. The van der Waals surface area contributed by atoms with Crippen molar-refractivity contribution in [3.8, 4) is 0 Å². The fourth-order valence-electron chi connectivity index (χ4n) is 3.09. The first-order valence-corrected chi connectivity index (χ1v) is 8.02. The molecule has 0 radical (unpaired) electrons. The van der Waals surface area contributed by atoms with Crippen LogP contribution in [0.5, 0.6) is 0 Å². The van der Waals surface area contributed by atoms with Gasteiger partial charge >= 0.3 is 0 Å². The van der Waals surface area contributed by atoms with Crippen LogP contribution in [-0.4, -0.2) is 34.9 Å². The van der Waals surface area contributed by atoms with Crippen molar-refractivity contribution in [2.45, 2.75) is 31.8 Å². The van der Waals surface area contributed by atoms with Crippen LogP contribution in [-0.2, 0) is 6.54 Å². The average Bonchev–Trinajstić information content (AvgIpc) is 3.09. The third kappa shape index (κ3) is 3.77. The average molecular weight is 297 g/mol. The van der Waals surface area contributed by atoms with Crippen LogP contribution in [0.3, 0.4) is 0 Å². The van der Waals surface area contributed by atoms with Crippen molar-refractivity contribution < 1.29 is 4.79 Å². The first kappa shape index (κ1) is 14.9. The van der Waals surface area contributed by atoms with Crippen LogP contribution in [0.25, 0.3) is 0 Å². The van der Waals surface area contributed by atoms with Gasteiger partial charge in [-0.15, -0.1) is 0 Å². The predicted octanol–water partition coefficient (Wildman–Crippen LogP) is 2.80. The lowest BCUT2D eigenvalue weighted by atomic mass is 10.0. The van der Waals surface area contributed by atoms with E-state index in [0.29, 0.717) is 18.3 Å². The smallest absolute Gasteiger partial charge is 0.267 e. The number of amides is 1. The maximum absolute atomic E-state index is 12.1. The number of piperidine rings is 1. The summed E-state index contributed by atoms with van der Waals surface area (Å²) in [6.45, 7) is 2.78. The van der Waals surface area contributed by atoms with Gasteiger partial charge in [0.2, 0.25) is 0 Å². The van der Waals surface area contributed by atoms with Gasteiger partial charge in [0.1, 0.15) is 5.69 Å². The summed E-state index contributed by atoms with van der Waals surface area (Å²) >= 11 is 0. The largest absolute Gasteiger partial charge is 0.357 e. The van der Waals surface area contributed by atoms with Crippen molar-refractivity contribution in [1.29, 1.82) is 0 Å². The molecule has 4 heteroatoms. The topological polar surface area (TPSA) is 48.1 Å². The van der Waals surface area contributed by atoms with Gasteiger partial charge in [0.05, 0.1) is 0 Å². The van der Waals surface area contributed by atoms with Gasteiger partial charge < -0.3 is 10.3 Å². The second-order valence-corrected chi connectivity index (χ2v) is 5.90. The number of benzene rings is 1. The number of aromatic nitrogens is 1. The summed E-state index contributed by atoms with van der Waals surface area (Å²) in [4.78, 5) is 17.5. The zero-order chi connectivity index (χ0) is 15.2. The third-order valence-electron chi connectivity index (χ3n) is 4.32. The van der Waals surface area contributed by atoms with Crippen molar-refractivity contribution in [1.82, 2.24) is 15.2 Å². The maximum Gasteiger partial charge on any atom is 0.267 e. The maximum atomic E-state index is 12.1. The summed E-state index contributed by atoms with van der Waals surface area (Å²) < 4.78 is 0. The highest BCUT2D eigenvalue weighted by Crippen LogP contribution is 2.19. The molecule has 0 aliphatic carbocycles. The van der Waals surface area contributed by atoms with E-state index in [0.717, 1.165) is 19.5 Å². The summed E-state index contributed by atoms with van der Waals surface area (Å²) in [6, 6.07) is 14.6. The van der Waals surface area contributed by atoms with Crippen LogP contribution in [0.1, 0.15) is 35.3 Å². The van der Waals surface area contributed by atoms with Crippen molar-refractivity contribution in [3.63, 3.8) is 0 Å². The molecule has 2 N–H and O–H groups in total. The molecule has 0 spiro atoms. The number of likely N-dealkylation sites (tertiary alicyclic amines) is 1. The first-order chi connectivity index (χ1) is 10.8. The van der Waals surface area contributed by atoms with Gasteiger partial charge in [-0.2, -0.15) is 0 Å². The van der Waals surface area contributed by atoms with Gasteiger partial charge in [-0.1, -0.05) is 36.8 Å². The molecule has 0 saturated carbocycles. The van der Waals surface area contributed by atoms with Gasteiger partial charge in [0, 0.05) is 25.3 Å². The molecule has 1 atom stereocenters. The van der Waals surface area contributed by atoms with E-state index in [1.807, 2.05) is 12.1 Å². The molecule has 1 amide bonds. The molecule has 1 aliphatic heterocycles. The fraction of sp³-hybridized carbons (Fsp3) is 0.389. The van der Waals surface area contributed by atoms with E-state index in [4.69, 9.17) is 0 Å². The monoisotopic (exact) mass is 297 g/mol. The molecule has 1 fully saturated rings. The summed E-state index contributed by atoms with van der Waals surface area (Å²) in [6.07, 6.45) is 5.41. The summed E-state index contributed by atoms with van der Waals surface area (Å²) in [5.41, 5.74) is 1.97. The van der Waals surface area contributed by atoms with Gasteiger partial charge in [0.25, 0.3) is 5.91 Å². The molecule has 1 aliphatic rings. The number of aromatic amines is 1. The van der Waals surface area contributed by atoms with Gasteiger partial charge in [0.15, 0.2) is 0 Å². The zero-order valence-corrected chi connectivity index (χ0v) is 12.8. The van der Waals surface area contributed by atoms with Crippen molar-refractivity contribution in [2.24, 2.45) is 0 Å². The van der Waals surface area contributed by atoms with E-state index in [2.05, 4.69) is 39.5 Å². The predicted molar refractivity (Wildman–Crippen MR) is 87.6 cm³/mol. The number of carbonyl (C=O) groups is 1. The van der Waals surface area contributed by atoms with Crippen molar-refractivity contribution >= 4 is 5.91 Å². The third-order valence-corrected chi connectivity index (χ3v) is 4.32. The highest BCUT2D eigenvalue weighted by atomic mass is 16.1. The Balaban J connectivity index is 1.57. The summed E-state index contributed by atoms with van der Waals surface area (Å²) in [5.74, 6) is -0.0183. The van der Waals surface area contributed by atoms with Crippen molar-refractivity contribution in [2.75, 3.05) is 13.1 Å². The Hall–Kier alpha value is -2.07. The highest BCUT2D eigenvalue weighted by molar-refractivity contribution is 5.92. The zero-order valence-electron chi connectivity index (χ0n) is 12.8. The van der Waals surface area contributed by atoms with E-state index in [1.54, 1.807) is 12.3 Å². The molecule has 116 valence electrons. The molecule has 22 heavy (non-hydrogen) atoms. The number of nitrogens with one attached hydrogen (secondary N) is 2.